The Morgan fingerprint density at radius 3 is 2.58 bits per heavy atom. The smallest absolute Gasteiger partial charge is 0.119 e. The maximum atomic E-state index is 6.19. The van der Waals surface area contributed by atoms with Crippen LogP contribution in [0.15, 0.2) is 36.4 Å². The zero-order chi connectivity index (χ0) is 13.8. The molecule has 0 heterocycles. The van der Waals surface area contributed by atoms with Crippen LogP contribution >= 0.6 is 11.6 Å². The summed E-state index contributed by atoms with van der Waals surface area (Å²) in [5.41, 5.74) is 4.68. The Hall–Kier alpha value is -1.51. The lowest BCUT2D eigenvalue weighted by Gasteiger charge is -2.11. The predicted molar refractivity (Wildman–Crippen MR) is 80.9 cm³/mol. The Morgan fingerprint density at radius 1 is 1.16 bits per heavy atom. The van der Waals surface area contributed by atoms with Crippen LogP contribution in [0.5, 0.6) is 5.75 Å². The molecule has 0 bridgehead atoms. The zero-order valence-corrected chi connectivity index (χ0v) is 12.2. The number of aryl methyl sites for hydroxylation is 1. The van der Waals surface area contributed by atoms with Crippen LogP contribution < -0.4 is 10.1 Å². The minimum atomic E-state index is 0.766. The van der Waals surface area contributed by atoms with Crippen LogP contribution in [-0.4, -0.2) is 14.2 Å². The second kappa shape index (κ2) is 6.09. The van der Waals surface area contributed by atoms with Crippen LogP contribution in [0.4, 0.5) is 0 Å². The van der Waals surface area contributed by atoms with Gasteiger partial charge in [-0.2, -0.15) is 0 Å². The third kappa shape index (κ3) is 3.09. The first-order valence-corrected chi connectivity index (χ1v) is 6.61. The van der Waals surface area contributed by atoms with Gasteiger partial charge in [0.15, 0.2) is 0 Å². The Kier molecular flexibility index (Phi) is 4.46. The maximum Gasteiger partial charge on any atom is 0.119 e. The molecule has 100 valence electrons. The SMILES string of the molecule is CNCc1cc(-c2ccc(OC)cc2C)ccc1Cl. The van der Waals surface area contributed by atoms with E-state index < -0.39 is 0 Å². The van der Waals surface area contributed by atoms with Crippen LogP contribution in [0.2, 0.25) is 5.02 Å². The Balaban J connectivity index is 2.44. The third-order valence-electron chi connectivity index (χ3n) is 3.16. The number of benzene rings is 2. The van der Waals surface area contributed by atoms with Crippen molar-refractivity contribution >= 4 is 11.6 Å². The van der Waals surface area contributed by atoms with Crippen molar-refractivity contribution in [3.8, 4) is 16.9 Å². The minimum absolute atomic E-state index is 0.766. The monoisotopic (exact) mass is 275 g/mol. The van der Waals surface area contributed by atoms with Gasteiger partial charge in [-0.15, -0.1) is 0 Å². The molecular formula is C16H18ClNO. The molecule has 0 aromatic heterocycles. The molecule has 0 aliphatic heterocycles. The van der Waals surface area contributed by atoms with Gasteiger partial charge in [0, 0.05) is 11.6 Å². The van der Waals surface area contributed by atoms with E-state index in [4.69, 9.17) is 16.3 Å². The van der Waals surface area contributed by atoms with Crippen molar-refractivity contribution in [3.63, 3.8) is 0 Å². The molecule has 0 aliphatic carbocycles. The molecule has 0 saturated heterocycles. The predicted octanol–water partition coefficient (Wildman–Crippen LogP) is 4.04. The summed E-state index contributed by atoms with van der Waals surface area (Å²) >= 11 is 6.19. The number of halogens is 1. The molecule has 1 N–H and O–H groups in total. The fraction of sp³-hybridized carbons (Fsp3) is 0.250. The molecule has 19 heavy (non-hydrogen) atoms. The van der Waals surface area contributed by atoms with E-state index in [1.165, 1.54) is 16.7 Å². The van der Waals surface area contributed by atoms with E-state index in [9.17, 15) is 0 Å². The highest BCUT2D eigenvalue weighted by molar-refractivity contribution is 6.31. The lowest BCUT2D eigenvalue weighted by molar-refractivity contribution is 0.414. The fourth-order valence-corrected chi connectivity index (χ4v) is 2.34. The van der Waals surface area contributed by atoms with Crippen LogP contribution in [0.25, 0.3) is 11.1 Å². The molecule has 0 atom stereocenters. The molecule has 0 spiro atoms. The van der Waals surface area contributed by atoms with Crippen molar-refractivity contribution in [2.45, 2.75) is 13.5 Å². The summed E-state index contributed by atoms with van der Waals surface area (Å²) in [6, 6.07) is 12.2. The van der Waals surface area contributed by atoms with E-state index in [1.807, 2.05) is 25.2 Å². The highest BCUT2D eigenvalue weighted by Gasteiger charge is 2.06. The largest absolute Gasteiger partial charge is 0.497 e. The molecule has 0 fully saturated rings. The van der Waals surface area contributed by atoms with Crippen molar-refractivity contribution in [2.24, 2.45) is 0 Å². The fourth-order valence-electron chi connectivity index (χ4n) is 2.16. The zero-order valence-electron chi connectivity index (χ0n) is 11.5. The van der Waals surface area contributed by atoms with E-state index >= 15 is 0 Å². The lowest BCUT2D eigenvalue weighted by Crippen LogP contribution is -2.05. The van der Waals surface area contributed by atoms with Crippen molar-refractivity contribution in [3.05, 3.63) is 52.5 Å². The highest BCUT2D eigenvalue weighted by atomic mass is 35.5. The number of hydrogen-bond acceptors (Lipinski definition) is 2. The molecule has 2 rings (SSSR count). The number of nitrogens with one attached hydrogen (secondary N) is 1. The Morgan fingerprint density at radius 2 is 1.95 bits per heavy atom. The first-order chi connectivity index (χ1) is 9.15. The highest BCUT2D eigenvalue weighted by Crippen LogP contribution is 2.29. The third-order valence-corrected chi connectivity index (χ3v) is 3.53. The quantitative estimate of drug-likeness (QED) is 0.909. The molecule has 2 aromatic carbocycles. The molecule has 0 radical (unpaired) electrons. The van der Waals surface area contributed by atoms with Gasteiger partial charge in [-0.3, -0.25) is 0 Å². The summed E-state index contributed by atoms with van der Waals surface area (Å²) in [7, 11) is 3.60. The normalized spacial score (nSPS) is 10.5. The average Bonchev–Trinajstić information content (AvgIpc) is 2.41. The van der Waals surface area contributed by atoms with Crippen LogP contribution in [0.1, 0.15) is 11.1 Å². The average molecular weight is 276 g/mol. The standard InChI is InChI=1S/C16H18ClNO/c1-11-8-14(19-3)5-6-15(11)12-4-7-16(17)13(9-12)10-18-2/h4-9,18H,10H2,1-3H3. The summed E-state index contributed by atoms with van der Waals surface area (Å²) in [5.74, 6) is 0.880. The lowest BCUT2D eigenvalue weighted by atomic mass is 9.98. The Bertz CT molecular complexity index is 581. The van der Waals surface area contributed by atoms with Crippen LogP contribution in [0.3, 0.4) is 0 Å². The van der Waals surface area contributed by atoms with Crippen LogP contribution in [0, 0.1) is 6.92 Å². The maximum absolute atomic E-state index is 6.19. The molecule has 2 nitrogen and oxygen atoms in total. The van der Waals surface area contributed by atoms with Gasteiger partial charge in [0.1, 0.15) is 5.75 Å². The van der Waals surface area contributed by atoms with Gasteiger partial charge in [-0.05, 0) is 60.5 Å². The van der Waals surface area contributed by atoms with E-state index in [1.54, 1.807) is 7.11 Å². The topological polar surface area (TPSA) is 21.3 Å². The Labute approximate surface area is 119 Å². The van der Waals surface area contributed by atoms with Gasteiger partial charge in [0.25, 0.3) is 0 Å². The number of rotatable bonds is 4. The van der Waals surface area contributed by atoms with Crippen molar-refractivity contribution < 1.29 is 4.74 Å². The van der Waals surface area contributed by atoms with E-state index in [2.05, 4.69) is 30.4 Å². The second-order valence-electron chi connectivity index (χ2n) is 4.52. The van der Waals surface area contributed by atoms with Crippen molar-refractivity contribution in [1.82, 2.24) is 5.32 Å². The van der Waals surface area contributed by atoms with Gasteiger partial charge in [0.05, 0.1) is 7.11 Å². The summed E-state index contributed by atoms with van der Waals surface area (Å²) in [5, 5.41) is 3.93. The van der Waals surface area contributed by atoms with E-state index in [0.29, 0.717) is 0 Å². The number of hydrogen-bond donors (Lipinski definition) is 1. The first kappa shape index (κ1) is 13.9. The van der Waals surface area contributed by atoms with Crippen molar-refractivity contribution in [2.75, 3.05) is 14.2 Å². The summed E-state index contributed by atoms with van der Waals surface area (Å²) < 4.78 is 5.24. The molecule has 0 saturated carbocycles. The molecule has 0 aliphatic rings. The second-order valence-corrected chi connectivity index (χ2v) is 4.92. The first-order valence-electron chi connectivity index (χ1n) is 6.23. The van der Waals surface area contributed by atoms with Gasteiger partial charge in [-0.25, -0.2) is 0 Å². The number of ether oxygens (including phenoxy) is 1. The summed E-state index contributed by atoms with van der Waals surface area (Å²) in [6.45, 7) is 2.85. The number of methoxy groups -OCH3 is 1. The van der Waals surface area contributed by atoms with Gasteiger partial charge in [0.2, 0.25) is 0 Å². The van der Waals surface area contributed by atoms with Crippen molar-refractivity contribution in [1.29, 1.82) is 0 Å². The van der Waals surface area contributed by atoms with Crippen LogP contribution in [-0.2, 0) is 6.54 Å². The van der Waals surface area contributed by atoms with E-state index in [-0.39, 0.29) is 0 Å². The molecule has 3 heteroatoms. The minimum Gasteiger partial charge on any atom is -0.497 e. The van der Waals surface area contributed by atoms with Gasteiger partial charge >= 0.3 is 0 Å². The summed E-state index contributed by atoms with van der Waals surface area (Å²) in [6.07, 6.45) is 0. The van der Waals surface area contributed by atoms with E-state index in [0.717, 1.165) is 22.9 Å². The summed E-state index contributed by atoms with van der Waals surface area (Å²) in [4.78, 5) is 0. The molecule has 0 amide bonds. The van der Waals surface area contributed by atoms with Gasteiger partial charge < -0.3 is 10.1 Å². The molecular weight excluding hydrogens is 258 g/mol. The molecule has 0 unspecified atom stereocenters. The molecule has 2 aromatic rings. The van der Waals surface area contributed by atoms with Gasteiger partial charge in [-0.1, -0.05) is 23.7 Å².